The highest BCUT2D eigenvalue weighted by Crippen LogP contribution is 2.42. The minimum Gasteiger partial charge on any atom is -0.455 e. The molecular weight excluding hydrogens is 574 g/mol. The summed E-state index contributed by atoms with van der Waals surface area (Å²) in [6.07, 6.45) is 3.59. The number of benzene rings is 5. The molecule has 0 aliphatic rings. The van der Waals surface area contributed by atoms with Crippen LogP contribution in [-0.4, -0.2) is 15.0 Å². The number of hydrogen-bond acceptors (Lipinski definition) is 4. The van der Waals surface area contributed by atoms with Crippen LogP contribution in [0.5, 0.6) is 0 Å². The van der Waals surface area contributed by atoms with Crippen molar-refractivity contribution in [3.8, 4) is 56.2 Å². The minimum absolute atomic E-state index is 0.807. The SMILES string of the molecule is c1ccc(-c2cc3c4cccc(-c5ccc(-c6cc(-c7ccccn7)nc(-c7ccccn7)c6)cc5)c4oc3c3ccccc23)cc1. The average molecular weight is 602 g/mol. The molecule has 4 nitrogen and oxygen atoms in total. The van der Waals surface area contributed by atoms with E-state index in [4.69, 9.17) is 9.40 Å². The molecule has 220 valence electrons. The summed E-state index contributed by atoms with van der Waals surface area (Å²) in [5.41, 5.74) is 11.8. The Labute approximate surface area is 271 Å². The largest absolute Gasteiger partial charge is 0.455 e. The van der Waals surface area contributed by atoms with Gasteiger partial charge >= 0.3 is 0 Å². The molecule has 0 saturated heterocycles. The smallest absolute Gasteiger partial charge is 0.143 e. The number of pyridine rings is 3. The van der Waals surface area contributed by atoms with Gasteiger partial charge in [-0.25, -0.2) is 4.98 Å². The molecule has 9 rings (SSSR count). The van der Waals surface area contributed by atoms with E-state index in [-0.39, 0.29) is 0 Å². The summed E-state index contributed by atoms with van der Waals surface area (Å²) < 4.78 is 6.76. The first kappa shape index (κ1) is 27.0. The lowest BCUT2D eigenvalue weighted by Gasteiger charge is -2.10. The highest BCUT2D eigenvalue weighted by atomic mass is 16.3. The normalized spacial score (nSPS) is 11.4. The maximum atomic E-state index is 6.76. The van der Waals surface area contributed by atoms with Crippen LogP contribution in [0.2, 0.25) is 0 Å². The van der Waals surface area contributed by atoms with Crippen LogP contribution in [0.1, 0.15) is 0 Å². The van der Waals surface area contributed by atoms with E-state index in [9.17, 15) is 0 Å². The predicted octanol–water partition coefficient (Wildman–Crippen LogP) is 11.3. The molecule has 0 radical (unpaired) electrons. The van der Waals surface area contributed by atoms with E-state index in [1.54, 1.807) is 12.4 Å². The number of fused-ring (bicyclic) bond motifs is 5. The number of rotatable bonds is 5. The molecule has 0 spiro atoms. The van der Waals surface area contributed by atoms with Crippen molar-refractivity contribution in [2.75, 3.05) is 0 Å². The van der Waals surface area contributed by atoms with Gasteiger partial charge in [-0.05, 0) is 75.7 Å². The summed E-state index contributed by atoms with van der Waals surface area (Å²) in [4.78, 5) is 14.1. The van der Waals surface area contributed by atoms with Gasteiger partial charge in [0.1, 0.15) is 11.2 Å². The van der Waals surface area contributed by atoms with Crippen molar-refractivity contribution in [2.24, 2.45) is 0 Å². The molecule has 0 amide bonds. The second-order valence-electron chi connectivity index (χ2n) is 11.6. The molecule has 0 aliphatic carbocycles. The van der Waals surface area contributed by atoms with Crippen LogP contribution in [-0.2, 0) is 0 Å². The van der Waals surface area contributed by atoms with Crippen molar-refractivity contribution in [1.29, 1.82) is 0 Å². The van der Waals surface area contributed by atoms with Crippen molar-refractivity contribution in [3.05, 3.63) is 164 Å². The Balaban J connectivity index is 1.17. The fourth-order valence-corrected chi connectivity index (χ4v) is 6.53. The number of hydrogen-bond donors (Lipinski definition) is 0. The van der Waals surface area contributed by atoms with Crippen LogP contribution in [0, 0.1) is 0 Å². The molecule has 5 aromatic carbocycles. The molecular formula is C43H27N3O. The Bertz CT molecular complexity index is 2480. The summed E-state index contributed by atoms with van der Waals surface area (Å²) in [6, 6.07) is 52.5. The Morgan fingerprint density at radius 2 is 0.915 bits per heavy atom. The van der Waals surface area contributed by atoms with Gasteiger partial charge in [-0.3, -0.25) is 9.97 Å². The Morgan fingerprint density at radius 1 is 0.340 bits per heavy atom. The average Bonchev–Trinajstić information content (AvgIpc) is 3.55. The molecule has 0 unspecified atom stereocenters. The fraction of sp³-hybridized carbons (Fsp3) is 0. The monoisotopic (exact) mass is 601 g/mol. The van der Waals surface area contributed by atoms with Crippen LogP contribution in [0.3, 0.4) is 0 Å². The molecule has 0 saturated carbocycles. The first-order valence-corrected chi connectivity index (χ1v) is 15.7. The fourth-order valence-electron chi connectivity index (χ4n) is 6.53. The van der Waals surface area contributed by atoms with Crippen LogP contribution in [0.15, 0.2) is 168 Å². The van der Waals surface area contributed by atoms with Gasteiger partial charge in [0.2, 0.25) is 0 Å². The first-order valence-electron chi connectivity index (χ1n) is 15.7. The highest BCUT2D eigenvalue weighted by Gasteiger charge is 2.17. The third-order valence-electron chi connectivity index (χ3n) is 8.80. The van der Waals surface area contributed by atoms with E-state index < -0.39 is 0 Å². The van der Waals surface area contributed by atoms with Gasteiger partial charge in [0.05, 0.1) is 22.8 Å². The second-order valence-corrected chi connectivity index (χ2v) is 11.6. The standard InChI is InChI=1S/C43H27N3O/c1-2-11-29(12-3-1)36-27-37-35-16-10-15-32(42(35)47-43(37)34-14-5-4-13-33(34)36)30-21-19-28(20-22-30)31-25-40(38-17-6-8-23-44-38)46-41(26-31)39-18-7-9-24-45-39/h1-27H. The summed E-state index contributed by atoms with van der Waals surface area (Å²) in [5, 5.41) is 4.53. The van der Waals surface area contributed by atoms with Crippen LogP contribution in [0.4, 0.5) is 0 Å². The van der Waals surface area contributed by atoms with E-state index in [2.05, 4.69) is 125 Å². The van der Waals surface area contributed by atoms with E-state index in [1.807, 2.05) is 36.4 Å². The molecule has 0 bridgehead atoms. The third kappa shape index (κ3) is 4.75. The topological polar surface area (TPSA) is 51.8 Å². The number of para-hydroxylation sites is 1. The van der Waals surface area contributed by atoms with Gasteiger partial charge in [0.25, 0.3) is 0 Å². The third-order valence-corrected chi connectivity index (χ3v) is 8.80. The van der Waals surface area contributed by atoms with Gasteiger partial charge in [-0.15, -0.1) is 0 Å². The Kier molecular flexibility index (Phi) is 6.43. The quantitative estimate of drug-likeness (QED) is 0.197. The van der Waals surface area contributed by atoms with Crippen LogP contribution < -0.4 is 0 Å². The van der Waals surface area contributed by atoms with Crippen LogP contribution in [0.25, 0.3) is 88.9 Å². The molecule has 4 aromatic heterocycles. The zero-order chi connectivity index (χ0) is 31.2. The zero-order valence-electron chi connectivity index (χ0n) is 25.3. The van der Waals surface area contributed by atoms with E-state index in [0.29, 0.717) is 0 Å². The van der Waals surface area contributed by atoms with Gasteiger partial charge in [-0.1, -0.05) is 109 Å². The van der Waals surface area contributed by atoms with E-state index >= 15 is 0 Å². The molecule has 4 heteroatoms. The minimum atomic E-state index is 0.807. The van der Waals surface area contributed by atoms with Crippen molar-refractivity contribution in [1.82, 2.24) is 15.0 Å². The molecule has 0 N–H and O–H groups in total. The summed E-state index contributed by atoms with van der Waals surface area (Å²) in [6.45, 7) is 0. The lowest BCUT2D eigenvalue weighted by Crippen LogP contribution is -1.93. The molecule has 0 aliphatic heterocycles. The number of furan rings is 1. The molecule has 4 heterocycles. The zero-order valence-corrected chi connectivity index (χ0v) is 25.3. The van der Waals surface area contributed by atoms with Crippen LogP contribution >= 0.6 is 0 Å². The highest BCUT2D eigenvalue weighted by molar-refractivity contribution is 6.20. The Morgan fingerprint density at radius 3 is 1.60 bits per heavy atom. The van der Waals surface area contributed by atoms with Gasteiger partial charge < -0.3 is 4.42 Å². The van der Waals surface area contributed by atoms with Crippen molar-refractivity contribution >= 4 is 32.7 Å². The maximum absolute atomic E-state index is 6.76. The van der Waals surface area contributed by atoms with Gasteiger partial charge in [-0.2, -0.15) is 0 Å². The molecule has 9 aromatic rings. The van der Waals surface area contributed by atoms with Crippen molar-refractivity contribution in [2.45, 2.75) is 0 Å². The Hall–Kier alpha value is -6.39. The van der Waals surface area contributed by atoms with Crippen molar-refractivity contribution < 1.29 is 4.42 Å². The summed E-state index contributed by atoms with van der Waals surface area (Å²) >= 11 is 0. The lowest BCUT2D eigenvalue weighted by molar-refractivity contribution is 0.674. The summed E-state index contributed by atoms with van der Waals surface area (Å²) in [7, 11) is 0. The van der Waals surface area contributed by atoms with Gasteiger partial charge in [0, 0.05) is 34.1 Å². The molecule has 0 fully saturated rings. The van der Waals surface area contributed by atoms with E-state index in [1.165, 1.54) is 16.5 Å². The lowest BCUT2D eigenvalue weighted by atomic mass is 9.94. The van der Waals surface area contributed by atoms with E-state index in [0.717, 1.165) is 72.4 Å². The number of aromatic nitrogens is 3. The van der Waals surface area contributed by atoms with Gasteiger partial charge in [0.15, 0.2) is 0 Å². The maximum Gasteiger partial charge on any atom is 0.143 e. The number of nitrogens with zero attached hydrogens (tertiary/aromatic N) is 3. The second kappa shape index (κ2) is 11.2. The first-order chi connectivity index (χ1) is 23.3. The predicted molar refractivity (Wildman–Crippen MR) is 192 cm³/mol. The summed E-state index contributed by atoms with van der Waals surface area (Å²) in [5.74, 6) is 0. The molecule has 0 atom stereocenters. The molecule has 47 heavy (non-hydrogen) atoms. The van der Waals surface area contributed by atoms with Crippen molar-refractivity contribution in [3.63, 3.8) is 0 Å².